The summed E-state index contributed by atoms with van der Waals surface area (Å²) in [6.07, 6.45) is -12.5. The summed E-state index contributed by atoms with van der Waals surface area (Å²) in [6.45, 7) is 0. The summed E-state index contributed by atoms with van der Waals surface area (Å²) in [5.74, 6) is 0. The summed E-state index contributed by atoms with van der Waals surface area (Å²) >= 11 is 0. The van der Waals surface area contributed by atoms with E-state index < -0.39 is 18.4 Å². The van der Waals surface area contributed by atoms with Gasteiger partial charge in [-0.3, -0.25) is 0 Å². The van der Waals surface area contributed by atoms with E-state index >= 15 is 0 Å². The van der Waals surface area contributed by atoms with E-state index in [1.165, 1.54) is 12.1 Å². The van der Waals surface area contributed by atoms with Gasteiger partial charge in [-0.2, -0.15) is 22.0 Å². The summed E-state index contributed by atoms with van der Waals surface area (Å²) < 4.78 is 67.7. The first-order chi connectivity index (χ1) is 10.3. The highest BCUT2D eigenvalue weighted by molar-refractivity contribution is 5.22. The third kappa shape index (κ3) is 4.04. The first kappa shape index (κ1) is 16.4. The van der Waals surface area contributed by atoms with Crippen LogP contribution in [0.4, 0.5) is 22.0 Å². The molecular weight excluding hydrogens is 303 g/mol. The summed E-state index contributed by atoms with van der Waals surface area (Å²) in [6, 6.07) is 16.7. The molecule has 2 rings (SSSR count). The lowest BCUT2D eigenvalue weighted by Gasteiger charge is -2.26. The van der Waals surface area contributed by atoms with Gasteiger partial charge < -0.3 is 4.74 Å². The van der Waals surface area contributed by atoms with Gasteiger partial charge in [-0.05, 0) is 17.2 Å². The van der Waals surface area contributed by atoms with Gasteiger partial charge in [-0.15, -0.1) is 0 Å². The van der Waals surface area contributed by atoms with Crippen LogP contribution in [0.5, 0.6) is 0 Å². The maximum atomic E-state index is 13.2. The van der Waals surface area contributed by atoms with Gasteiger partial charge in [0.1, 0.15) is 0 Å². The zero-order valence-electron chi connectivity index (χ0n) is 11.3. The van der Waals surface area contributed by atoms with Gasteiger partial charge in [0.05, 0.1) is 6.10 Å². The molecule has 0 saturated heterocycles. The first-order valence-corrected chi connectivity index (χ1v) is 6.42. The van der Waals surface area contributed by atoms with Crippen LogP contribution in [0.2, 0.25) is 0 Å². The molecule has 0 aliphatic heterocycles. The van der Waals surface area contributed by atoms with Crippen molar-refractivity contribution in [2.75, 3.05) is 0 Å². The predicted molar refractivity (Wildman–Crippen MR) is 70.3 cm³/mol. The fraction of sp³-hybridized carbons (Fsp3) is 0.250. The van der Waals surface area contributed by atoms with Gasteiger partial charge in [-0.25, -0.2) is 0 Å². The van der Waals surface area contributed by atoms with Crippen LogP contribution in [0.25, 0.3) is 0 Å². The third-order valence-corrected chi connectivity index (χ3v) is 3.00. The molecule has 0 N–H and O–H groups in total. The first-order valence-electron chi connectivity index (χ1n) is 6.42. The number of rotatable bonds is 5. The minimum absolute atomic E-state index is 0.107. The van der Waals surface area contributed by atoms with E-state index in [-0.39, 0.29) is 12.0 Å². The monoisotopic (exact) mass is 315 g/mol. The molecule has 0 aliphatic rings. The number of alkyl halides is 5. The molecule has 0 fully saturated rings. The lowest BCUT2D eigenvalue weighted by molar-refractivity contribution is -0.403. The molecule has 1 unspecified atom stereocenters. The molecule has 22 heavy (non-hydrogen) atoms. The average Bonchev–Trinajstić information content (AvgIpc) is 2.47. The number of benzene rings is 2. The Hall–Kier alpha value is -1.95. The van der Waals surface area contributed by atoms with Crippen LogP contribution < -0.4 is 0 Å². The molecule has 0 heterocycles. The molecule has 0 bridgehead atoms. The van der Waals surface area contributed by atoms with Gasteiger partial charge in [0.15, 0.2) is 0 Å². The van der Waals surface area contributed by atoms with Gasteiger partial charge in [0.2, 0.25) is 0 Å². The zero-order chi connectivity index (χ0) is 16.2. The van der Waals surface area contributed by atoms with E-state index in [2.05, 4.69) is 10.8 Å². The van der Waals surface area contributed by atoms with E-state index in [0.717, 1.165) is 0 Å². The van der Waals surface area contributed by atoms with Crippen molar-refractivity contribution >= 4 is 0 Å². The molecule has 0 aromatic heterocycles. The van der Waals surface area contributed by atoms with Gasteiger partial charge in [0.25, 0.3) is 0 Å². The molecule has 0 spiro atoms. The maximum Gasteiger partial charge on any atom is 0.482 e. The van der Waals surface area contributed by atoms with E-state index in [1.54, 1.807) is 42.5 Å². The molecule has 0 aliphatic carbocycles. The molecule has 6 heteroatoms. The molecule has 1 atom stereocenters. The Morgan fingerprint density at radius 3 is 2.05 bits per heavy atom. The lowest BCUT2D eigenvalue weighted by atomic mass is 10.0. The molecule has 117 valence electrons. The Balaban J connectivity index is 2.27. The van der Waals surface area contributed by atoms with Crippen LogP contribution in [0.15, 0.2) is 54.6 Å². The van der Waals surface area contributed by atoms with Crippen molar-refractivity contribution in [2.45, 2.75) is 24.8 Å². The second-order valence-corrected chi connectivity index (χ2v) is 4.64. The Bertz CT molecular complexity index is 580. The number of halogens is 5. The average molecular weight is 315 g/mol. The highest BCUT2D eigenvalue weighted by Crippen LogP contribution is 2.40. The summed E-state index contributed by atoms with van der Waals surface area (Å²) in [7, 11) is 0. The molecule has 1 radical (unpaired) electrons. The number of hydrogen-bond acceptors (Lipinski definition) is 1. The second-order valence-electron chi connectivity index (χ2n) is 4.64. The van der Waals surface area contributed by atoms with Crippen molar-refractivity contribution in [2.24, 2.45) is 0 Å². The molecule has 0 amide bonds. The Morgan fingerprint density at radius 2 is 1.50 bits per heavy atom. The second kappa shape index (κ2) is 6.44. The van der Waals surface area contributed by atoms with Gasteiger partial charge >= 0.3 is 12.3 Å². The van der Waals surface area contributed by atoms with Gasteiger partial charge in [-0.1, -0.05) is 54.6 Å². The molecule has 0 saturated carbocycles. The van der Waals surface area contributed by atoms with Crippen LogP contribution in [0.3, 0.4) is 0 Å². The number of ether oxygens (including phenoxy) is 1. The fourth-order valence-electron chi connectivity index (χ4n) is 1.91. The molecule has 2 aromatic rings. The quantitative estimate of drug-likeness (QED) is 0.710. The highest BCUT2D eigenvalue weighted by atomic mass is 19.4. The van der Waals surface area contributed by atoms with Crippen LogP contribution in [0, 0.1) is 6.07 Å². The normalized spacial score (nSPS) is 13.9. The summed E-state index contributed by atoms with van der Waals surface area (Å²) in [4.78, 5) is 0. The van der Waals surface area contributed by atoms with Crippen LogP contribution >= 0.6 is 0 Å². The Morgan fingerprint density at radius 1 is 0.909 bits per heavy atom. The Labute approximate surface area is 124 Å². The van der Waals surface area contributed by atoms with Crippen molar-refractivity contribution in [3.8, 4) is 0 Å². The minimum atomic E-state index is -5.76. The lowest BCUT2D eigenvalue weighted by Crippen LogP contribution is -2.40. The standard InChI is InChI=1S/C16H12F5O/c17-15(18,19)16(20,21)22-14(13-9-5-2-6-10-13)11-12-7-3-1-4-8-12/h2-10,14H,11H2. The smallest absolute Gasteiger partial charge is 0.305 e. The maximum absolute atomic E-state index is 13.2. The Kier molecular flexibility index (Phi) is 4.81. The predicted octanol–water partition coefficient (Wildman–Crippen LogP) is 4.94. The molecule has 1 nitrogen and oxygen atoms in total. The van der Waals surface area contributed by atoms with Crippen molar-refractivity contribution in [1.82, 2.24) is 0 Å². The SMILES string of the molecule is FC(F)(F)C(F)(F)OC(Cc1cc[c]cc1)c1ccccc1. The third-order valence-electron chi connectivity index (χ3n) is 3.00. The van der Waals surface area contributed by atoms with Crippen LogP contribution in [-0.2, 0) is 11.2 Å². The topological polar surface area (TPSA) is 9.23 Å². The van der Waals surface area contributed by atoms with Crippen molar-refractivity contribution in [3.05, 3.63) is 71.8 Å². The van der Waals surface area contributed by atoms with E-state index in [4.69, 9.17) is 0 Å². The van der Waals surface area contributed by atoms with Crippen LogP contribution in [0.1, 0.15) is 17.2 Å². The summed E-state index contributed by atoms with van der Waals surface area (Å²) in [5.41, 5.74) is 0.824. The highest BCUT2D eigenvalue weighted by Gasteiger charge is 2.60. The van der Waals surface area contributed by atoms with E-state index in [9.17, 15) is 22.0 Å². The van der Waals surface area contributed by atoms with Crippen molar-refractivity contribution in [1.29, 1.82) is 0 Å². The van der Waals surface area contributed by atoms with Crippen molar-refractivity contribution in [3.63, 3.8) is 0 Å². The van der Waals surface area contributed by atoms with Crippen LogP contribution in [-0.4, -0.2) is 12.3 Å². The zero-order valence-corrected chi connectivity index (χ0v) is 11.3. The summed E-state index contributed by atoms with van der Waals surface area (Å²) in [5, 5.41) is 0. The minimum Gasteiger partial charge on any atom is -0.305 e. The van der Waals surface area contributed by atoms with E-state index in [1.807, 2.05) is 0 Å². The van der Waals surface area contributed by atoms with Gasteiger partial charge in [0, 0.05) is 6.42 Å². The molecule has 2 aromatic carbocycles. The fourth-order valence-corrected chi connectivity index (χ4v) is 1.91. The largest absolute Gasteiger partial charge is 0.482 e. The van der Waals surface area contributed by atoms with Crippen molar-refractivity contribution < 1.29 is 26.7 Å². The molecular formula is C16H12F5O. The van der Waals surface area contributed by atoms with E-state index in [0.29, 0.717) is 5.56 Å². The number of hydrogen-bond donors (Lipinski definition) is 0.